The molecule has 0 aliphatic heterocycles. The van der Waals surface area contributed by atoms with E-state index in [0.717, 1.165) is 0 Å². The molecule has 0 aliphatic carbocycles. The summed E-state index contributed by atoms with van der Waals surface area (Å²) in [6, 6.07) is 6.34. The van der Waals surface area contributed by atoms with E-state index in [1.54, 1.807) is 18.2 Å². The second-order valence-electron chi connectivity index (χ2n) is 3.61. The molecule has 0 fully saturated rings. The van der Waals surface area contributed by atoms with Gasteiger partial charge in [-0.05, 0) is 24.3 Å². The number of halogens is 1. The van der Waals surface area contributed by atoms with Gasteiger partial charge in [0.15, 0.2) is 9.84 Å². The van der Waals surface area contributed by atoms with Crippen molar-refractivity contribution in [3.63, 3.8) is 0 Å². The van der Waals surface area contributed by atoms with Gasteiger partial charge in [-0.1, -0.05) is 15.9 Å². The standard InChI is InChI=1S/C11H10BrN3O2S/c12-8-2-3-9(13)10(6-8)18(16,17)7-11-14-4-1-5-15-11/h1-6H,7,13H2. The third-order valence-electron chi connectivity index (χ3n) is 2.25. The van der Waals surface area contributed by atoms with Crippen molar-refractivity contribution in [2.24, 2.45) is 0 Å². The zero-order valence-electron chi connectivity index (χ0n) is 9.25. The van der Waals surface area contributed by atoms with Crippen LogP contribution in [0.1, 0.15) is 5.82 Å². The van der Waals surface area contributed by atoms with Crippen molar-refractivity contribution in [3.05, 3.63) is 47.0 Å². The Balaban J connectivity index is 2.40. The molecule has 94 valence electrons. The smallest absolute Gasteiger partial charge is 0.187 e. The van der Waals surface area contributed by atoms with Crippen molar-refractivity contribution in [1.29, 1.82) is 0 Å². The monoisotopic (exact) mass is 327 g/mol. The molecule has 2 aromatic rings. The van der Waals surface area contributed by atoms with Crippen molar-refractivity contribution in [2.75, 3.05) is 5.73 Å². The van der Waals surface area contributed by atoms with Crippen LogP contribution in [0.15, 0.2) is 46.0 Å². The lowest BCUT2D eigenvalue weighted by atomic mass is 10.3. The summed E-state index contributed by atoms with van der Waals surface area (Å²) < 4.78 is 25.0. The van der Waals surface area contributed by atoms with Crippen molar-refractivity contribution in [1.82, 2.24) is 9.97 Å². The Morgan fingerprint density at radius 2 is 1.89 bits per heavy atom. The Kier molecular flexibility index (Phi) is 3.63. The highest BCUT2D eigenvalue weighted by atomic mass is 79.9. The van der Waals surface area contributed by atoms with Crippen LogP contribution in [0.3, 0.4) is 0 Å². The molecule has 2 rings (SSSR count). The maximum Gasteiger partial charge on any atom is 0.187 e. The molecule has 0 aliphatic rings. The number of nitrogen functional groups attached to an aromatic ring is 1. The third kappa shape index (κ3) is 2.85. The Labute approximate surface area is 113 Å². The van der Waals surface area contributed by atoms with Gasteiger partial charge in [0.2, 0.25) is 0 Å². The Hall–Kier alpha value is -1.47. The summed E-state index contributed by atoms with van der Waals surface area (Å²) in [4.78, 5) is 7.88. The first-order valence-corrected chi connectivity index (χ1v) is 7.47. The minimum Gasteiger partial charge on any atom is -0.398 e. The van der Waals surface area contributed by atoms with Gasteiger partial charge in [0, 0.05) is 16.9 Å². The average Bonchev–Trinajstić information content (AvgIpc) is 2.33. The lowest BCUT2D eigenvalue weighted by molar-refractivity contribution is 0.594. The van der Waals surface area contributed by atoms with Gasteiger partial charge in [0.05, 0.1) is 10.6 Å². The molecular formula is C11H10BrN3O2S. The Morgan fingerprint density at radius 1 is 1.22 bits per heavy atom. The van der Waals surface area contributed by atoms with Crippen molar-refractivity contribution in [2.45, 2.75) is 10.6 Å². The highest BCUT2D eigenvalue weighted by Gasteiger charge is 2.20. The fourth-order valence-corrected chi connectivity index (χ4v) is 3.32. The normalized spacial score (nSPS) is 11.4. The second-order valence-corrected chi connectivity index (χ2v) is 6.48. The van der Waals surface area contributed by atoms with Crippen LogP contribution in [0.5, 0.6) is 0 Å². The molecule has 18 heavy (non-hydrogen) atoms. The lowest BCUT2D eigenvalue weighted by Gasteiger charge is -2.07. The summed E-state index contributed by atoms with van der Waals surface area (Å²) in [7, 11) is -3.55. The highest BCUT2D eigenvalue weighted by molar-refractivity contribution is 9.10. The van der Waals surface area contributed by atoms with Crippen molar-refractivity contribution >= 4 is 31.5 Å². The summed E-state index contributed by atoms with van der Waals surface area (Å²) in [5, 5.41) is 0. The lowest BCUT2D eigenvalue weighted by Crippen LogP contribution is -2.10. The number of nitrogens with two attached hydrogens (primary N) is 1. The predicted molar refractivity (Wildman–Crippen MR) is 71.5 cm³/mol. The summed E-state index contributed by atoms with van der Waals surface area (Å²) >= 11 is 3.22. The average molecular weight is 328 g/mol. The van der Waals surface area contributed by atoms with Crippen molar-refractivity contribution in [3.8, 4) is 0 Å². The summed E-state index contributed by atoms with van der Waals surface area (Å²) in [5.41, 5.74) is 5.91. The molecule has 0 saturated heterocycles. The van der Waals surface area contributed by atoms with Crippen LogP contribution in [0, 0.1) is 0 Å². The molecule has 0 saturated carbocycles. The molecule has 2 N–H and O–H groups in total. The highest BCUT2D eigenvalue weighted by Crippen LogP contribution is 2.25. The fourth-order valence-electron chi connectivity index (χ4n) is 1.43. The quantitative estimate of drug-likeness (QED) is 0.868. The molecule has 1 aromatic carbocycles. The molecule has 5 nitrogen and oxygen atoms in total. The van der Waals surface area contributed by atoms with Gasteiger partial charge in [-0.25, -0.2) is 18.4 Å². The van der Waals surface area contributed by atoms with Gasteiger partial charge in [-0.15, -0.1) is 0 Å². The summed E-state index contributed by atoms with van der Waals surface area (Å²) in [5.74, 6) is -0.0222. The van der Waals surface area contributed by atoms with Gasteiger partial charge in [-0.3, -0.25) is 0 Å². The van der Waals surface area contributed by atoms with Gasteiger partial charge in [0.1, 0.15) is 11.6 Å². The van der Waals surface area contributed by atoms with E-state index >= 15 is 0 Å². The predicted octanol–water partition coefficient (Wildman–Crippen LogP) is 1.80. The van der Waals surface area contributed by atoms with Gasteiger partial charge in [-0.2, -0.15) is 0 Å². The third-order valence-corrected chi connectivity index (χ3v) is 4.40. The topological polar surface area (TPSA) is 85.9 Å². The van der Waals surface area contributed by atoms with Crippen LogP contribution in [-0.4, -0.2) is 18.4 Å². The number of sulfone groups is 1. The van der Waals surface area contributed by atoms with Gasteiger partial charge in [0.25, 0.3) is 0 Å². The van der Waals surface area contributed by atoms with Crippen LogP contribution in [0.2, 0.25) is 0 Å². The minimum atomic E-state index is -3.55. The molecule has 0 spiro atoms. The van der Waals surface area contributed by atoms with E-state index in [2.05, 4.69) is 25.9 Å². The van der Waals surface area contributed by atoms with Crippen LogP contribution < -0.4 is 5.73 Å². The molecule has 0 atom stereocenters. The molecule has 1 aromatic heterocycles. The first-order valence-electron chi connectivity index (χ1n) is 5.03. The zero-order valence-corrected chi connectivity index (χ0v) is 11.6. The number of benzene rings is 1. The minimum absolute atomic E-state index is 0.0873. The van der Waals surface area contributed by atoms with Gasteiger partial charge < -0.3 is 5.73 Å². The molecular weight excluding hydrogens is 318 g/mol. The van der Waals surface area contributed by atoms with Crippen LogP contribution in [-0.2, 0) is 15.6 Å². The molecule has 0 unspecified atom stereocenters. The summed E-state index contributed by atoms with van der Waals surface area (Å²) in [6.45, 7) is 0. The van der Waals surface area contributed by atoms with Crippen molar-refractivity contribution < 1.29 is 8.42 Å². The van der Waals surface area contributed by atoms with Crippen LogP contribution in [0.25, 0.3) is 0 Å². The second kappa shape index (κ2) is 5.03. The zero-order chi connectivity index (χ0) is 13.2. The maximum absolute atomic E-state index is 12.2. The SMILES string of the molecule is Nc1ccc(Br)cc1S(=O)(=O)Cc1ncccn1. The van der Waals surface area contributed by atoms with Crippen LogP contribution >= 0.6 is 15.9 Å². The number of hydrogen-bond donors (Lipinski definition) is 1. The van der Waals surface area contributed by atoms with Crippen LogP contribution in [0.4, 0.5) is 5.69 Å². The summed E-state index contributed by atoms with van der Waals surface area (Å²) in [6.07, 6.45) is 3.00. The first-order chi connectivity index (χ1) is 8.49. The van der Waals surface area contributed by atoms with E-state index in [0.29, 0.717) is 4.47 Å². The Bertz CT molecular complexity index is 659. The fraction of sp³-hybridized carbons (Fsp3) is 0.0909. The first kappa shape index (κ1) is 13.0. The number of rotatable bonds is 3. The van der Waals surface area contributed by atoms with Gasteiger partial charge >= 0.3 is 0 Å². The molecule has 0 radical (unpaired) electrons. The largest absolute Gasteiger partial charge is 0.398 e. The van der Waals surface area contributed by atoms with E-state index in [4.69, 9.17) is 5.73 Å². The molecule has 7 heteroatoms. The van der Waals surface area contributed by atoms with E-state index in [-0.39, 0.29) is 22.2 Å². The Morgan fingerprint density at radius 3 is 2.56 bits per heavy atom. The maximum atomic E-state index is 12.2. The van der Waals surface area contributed by atoms with E-state index in [9.17, 15) is 8.42 Å². The number of anilines is 1. The van der Waals surface area contributed by atoms with E-state index in [1.165, 1.54) is 18.5 Å². The molecule has 0 amide bonds. The number of aromatic nitrogens is 2. The van der Waals surface area contributed by atoms with E-state index < -0.39 is 9.84 Å². The number of nitrogens with zero attached hydrogens (tertiary/aromatic N) is 2. The number of hydrogen-bond acceptors (Lipinski definition) is 5. The molecule has 1 heterocycles. The molecule has 0 bridgehead atoms. The van der Waals surface area contributed by atoms with E-state index in [1.807, 2.05) is 0 Å².